The molecule has 3 rings (SSSR count). The van der Waals surface area contributed by atoms with Gasteiger partial charge in [-0.1, -0.05) is 53.6 Å². The molecule has 0 heterocycles. The first-order valence-electron chi connectivity index (χ1n) is 8.58. The predicted molar refractivity (Wildman–Crippen MR) is 114 cm³/mol. The van der Waals surface area contributed by atoms with E-state index in [0.717, 1.165) is 5.75 Å². The molecule has 0 atom stereocenters. The molecule has 0 saturated heterocycles. The number of allylic oxidation sites excluding steroid dienone is 4. The Labute approximate surface area is 178 Å². The summed E-state index contributed by atoms with van der Waals surface area (Å²) in [6.07, 6.45) is 0. The van der Waals surface area contributed by atoms with Crippen LogP contribution in [0.5, 0.6) is 0 Å². The quantitative estimate of drug-likeness (QED) is 0.342. The van der Waals surface area contributed by atoms with Gasteiger partial charge in [0.2, 0.25) is 0 Å². The van der Waals surface area contributed by atoms with Gasteiger partial charge in [-0.3, -0.25) is 0 Å². The molecule has 0 fully saturated rings. The van der Waals surface area contributed by atoms with Gasteiger partial charge < -0.3 is 0 Å². The molecule has 0 bridgehead atoms. The topological polar surface area (TPSA) is 0 Å². The average molecular weight is 439 g/mol. The van der Waals surface area contributed by atoms with Crippen molar-refractivity contribution in [3.05, 3.63) is 88.0 Å². The summed E-state index contributed by atoms with van der Waals surface area (Å²) in [5.41, 5.74) is 8.89. The van der Waals surface area contributed by atoms with Crippen molar-refractivity contribution < 1.29 is 17.0 Å². The van der Waals surface area contributed by atoms with Crippen molar-refractivity contribution in [3.8, 4) is 0 Å². The van der Waals surface area contributed by atoms with Crippen molar-refractivity contribution in [2.24, 2.45) is 0 Å². The summed E-state index contributed by atoms with van der Waals surface area (Å²) in [7, 11) is 9.78. The first-order chi connectivity index (χ1) is 12.5. The van der Waals surface area contributed by atoms with Crippen molar-refractivity contribution in [2.45, 2.75) is 44.3 Å². The zero-order chi connectivity index (χ0) is 19.1. The summed E-state index contributed by atoms with van der Waals surface area (Å²) in [4.78, 5) is 1.33. The van der Waals surface area contributed by atoms with Gasteiger partial charge in [0.25, 0.3) is 0 Å². The van der Waals surface area contributed by atoms with E-state index < -0.39 is 17.0 Å². The Balaban J connectivity index is 0.000000758. The Morgan fingerprint density at radius 2 is 1.31 bits per heavy atom. The summed E-state index contributed by atoms with van der Waals surface area (Å²) in [5.74, 6) is 1.48. The molecule has 2 aromatic carbocycles. The molecule has 1 aliphatic rings. The molecule has 0 radical (unpaired) electrons. The van der Waals surface area contributed by atoms with Crippen molar-refractivity contribution >= 4 is 30.4 Å². The van der Waals surface area contributed by atoms with Crippen molar-refractivity contribution in [1.29, 1.82) is 0 Å². The third kappa shape index (κ3) is 5.30. The van der Waals surface area contributed by atoms with Crippen molar-refractivity contribution in [1.82, 2.24) is 0 Å². The molecular weight excluding hydrogens is 415 g/mol. The first kappa shape index (κ1) is 21.9. The summed E-state index contributed by atoms with van der Waals surface area (Å²) < 4.78 is 0. The number of halogens is 2. The Hall–Kier alpha value is -0.436. The fourth-order valence-electron chi connectivity index (χ4n) is 3.44. The Bertz CT molecular complexity index is 773. The van der Waals surface area contributed by atoms with E-state index in [2.05, 4.69) is 82.3 Å². The van der Waals surface area contributed by atoms with Crippen LogP contribution >= 0.6 is 30.4 Å². The van der Waals surface area contributed by atoms with Crippen LogP contribution in [0.3, 0.4) is 0 Å². The molecule has 0 amide bonds. The maximum atomic E-state index is 4.89. The minimum absolute atomic E-state index is 0.461. The van der Waals surface area contributed by atoms with Gasteiger partial charge in [-0.25, -0.2) is 0 Å². The van der Waals surface area contributed by atoms with Gasteiger partial charge in [-0.2, -0.15) is 0 Å². The van der Waals surface area contributed by atoms with Gasteiger partial charge in [0.05, 0.1) is 0 Å². The van der Waals surface area contributed by atoms with E-state index >= 15 is 0 Å². The van der Waals surface area contributed by atoms with Gasteiger partial charge >= 0.3 is 35.6 Å². The van der Waals surface area contributed by atoms with E-state index in [4.69, 9.17) is 18.6 Å². The molecule has 4 heteroatoms. The fraction of sp³-hybridized carbons (Fsp3) is 0.273. The van der Waals surface area contributed by atoms with Gasteiger partial charge in [0.15, 0.2) is 0 Å². The zero-order valence-corrected chi connectivity index (χ0v) is 19.5. The zero-order valence-electron chi connectivity index (χ0n) is 15.6. The first-order valence-corrected chi connectivity index (χ1v) is 13.9. The van der Waals surface area contributed by atoms with Gasteiger partial charge in [-0.05, 0) is 62.1 Å². The SMILES string of the molecule is CC1=C(C)C(c2ccccc2CSc2ccccc2)C(C)=C1C.[Cl][Ti][Cl]. The molecule has 136 valence electrons. The van der Waals surface area contributed by atoms with E-state index in [1.54, 1.807) is 0 Å². The standard InChI is InChI=1S/C22H24S.2ClH.Ti/c1-15-16(2)18(4)22(17(15)3)21-13-9-8-10-19(21)14-23-20-11-6-5-7-12-20;;;/h5-13,22H,14H2,1-4H3;2*1H;/q;;;+2/p-2. The Kier molecular flexibility index (Phi) is 9.07. The fourth-order valence-corrected chi connectivity index (χ4v) is 4.38. The van der Waals surface area contributed by atoms with E-state index in [0.29, 0.717) is 5.92 Å². The van der Waals surface area contributed by atoms with Gasteiger partial charge in [0.1, 0.15) is 0 Å². The summed E-state index contributed by atoms with van der Waals surface area (Å²) in [6.45, 7) is 9.10. The molecule has 0 aromatic heterocycles. The van der Waals surface area contributed by atoms with Crippen molar-refractivity contribution in [3.63, 3.8) is 0 Å². The Morgan fingerprint density at radius 1 is 0.808 bits per heavy atom. The number of hydrogen-bond acceptors (Lipinski definition) is 1. The second-order valence-corrected chi connectivity index (χ2v) is 10.0. The third-order valence-corrected chi connectivity index (χ3v) is 6.18. The van der Waals surface area contributed by atoms with Crippen LogP contribution in [0.15, 0.2) is 81.8 Å². The normalized spacial score (nSPS) is 14.4. The van der Waals surface area contributed by atoms with Crippen LogP contribution in [0.25, 0.3) is 0 Å². The maximum absolute atomic E-state index is 4.89. The van der Waals surface area contributed by atoms with Crippen LogP contribution in [0.4, 0.5) is 0 Å². The van der Waals surface area contributed by atoms with Gasteiger partial charge in [0, 0.05) is 16.6 Å². The number of benzene rings is 2. The molecule has 0 nitrogen and oxygen atoms in total. The predicted octanol–water partition coefficient (Wildman–Crippen LogP) is 8.13. The van der Waals surface area contributed by atoms with Crippen molar-refractivity contribution in [2.75, 3.05) is 0 Å². The van der Waals surface area contributed by atoms with Crippen LogP contribution in [0.2, 0.25) is 0 Å². The van der Waals surface area contributed by atoms with E-state index in [1.165, 1.54) is 38.3 Å². The monoisotopic (exact) mass is 438 g/mol. The molecule has 0 aliphatic heterocycles. The number of thioether (sulfide) groups is 1. The number of hydrogen-bond donors (Lipinski definition) is 0. The molecule has 26 heavy (non-hydrogen) atoms. The summed E-state index contributed by atoms with van der Waals surface area (Å²) >= 11 is 1.36. The van der Waals surface area contributed by atoms with Gasteiger partial charge in [-0.15, -0.1) is 11.8 Å². The number of rotatable bonds is 4. The minimum atomic E-state index is -0.556. The molecule has 0 spiro atoms. The average Bonchev–Trinajstić information content (AvgIpc) is 2.85. The van der Waals surface area contributed by atoms with Crippen LogP contribution in [-0.2, 0) is 22.8 Å². The molecule has 2 aromatic rings. The molecular formula is C22H24Cl2STi. The van der Waals surface area contributed by atoms with E-state index in [1.807, 2.05) is 11.8 Å². The van der Waals surface area contributed by atoms with Crippen LogP contribution < -0.4 is 0 Å². The second kappa shape index (κ2) is 10.8. The molecule has 0 unspecified atom stereocenters. The molecule has 0 N–H and O–H groups in total. The summed E-state index contributed by atoms with van der Waals surface area (Å²) in [5, 5.41) is 0. The third-order valence-electron chi connectivity index (χ3n) is 5.12. The summed E-state index contributed by atoms with van der Waals surface area (Å²) in [6, 6.07) is 19.6. The van der Waals surface area contributed by atoms with Crippen LogP contribution in [0, 0.1) is 0 Å². The molecule has 0 saturated carbocycles. The van der Waals surface area contributed by atoms with Crippen LogP contribution in [-0.4, -0.2) is 0 Å². The second-order valence-electron chi connectivity index (χ2n) is 6.42. The van der Waals surface area contributed by atoms with Crippen LogP contribution in [0.1, 0.15) is 44.7 Å². The van der Waals surface area contributed by atoms with E-state index in [9.17, 15) is 0 Å². The van der Waals surface area contributed by atoms with E-state index in [-0.39, 0.29) is 0 Å². The molecule has 1 aliphatic carbocycles. The Morgan fingerprint density at radius 3 is 1.88 bits per heavy atom.